The average molecular weight is 298 g/mol. The third-order valence-electron chi connectivity index (χ3n) is 3.92. The van der Waals surface area contributed by atoms with Crippen molar-refractivity contribution < 1.29 is 17.0 Å². The summed E-state index contributed by atoms with van der Waals surface area (Å²) in [5.74, 6) is 0. The van der Waals surface area contributed by atoms with Gasteiger partial charge in [-0.05, 0) is 12.1 Å². The van der Waals surface area contributed by atoms with E-state index < -0.39 is 0 Å². The van der Waals surface area contributed by atoms with Crippen molar-refractivity contribution in [1.82, 2.24) is 4.98 Å². The molecule has 1 aliphatic rings. The van der Waals surface area contributed by atoms with E-state index in [9.17, 15) is 0 Å². The molecule has 0 bridgehead atoms. The predicted molar refractivity (Wildman–Crippen MR) is 80.8 cm³/mol. The number of para-hydroxylation sites is 1. The molecule has 3 heterocycles. The minimum absolute atomic E-state index is 0. The molecule has 0 spiro atoms. The highest BCUT2D eigenvalue weighted by molar-refractivity contribution is 5.83. The van der Waals surface area contributed by atoms with Gasteiger partial charge in [0.05, 0.1) is 5.52 Å². The highest BCUT2D eigenvalue weighted by Crippen LogP contribution is 2.29. The second kappa shape index (κ2) is 5.01. The second-order valence-corrected chi connectivity index (χ2v) is 5.48. The number of hydrogen-bond donors (Lipinski definition) is 0. The van der Waals surface area contributed by atoms with Crippen LogP contribution in [-0.4, -0.2) is 19.1 Å². The predicted octanol–water partition coefficient (Wildman–Crippen LogP) is -0.379. The lowest BCUT2D eigenvalue weighted by Gasteiger charge is -2.11. The summed E-state index contributed by atoms with van der Waals surface area (Å²) in [6.45, 7) is 0.913. The van der Waals surface area contributed by atoms with Gasteiger partial charge in [-0.1, -0.05) is 18.2 Å². The third kappa shape index (κ3) is 2.14. The van der Waals surface area contributed by atoms with Crippen LogP contribution in [0.5, 0.6) is 0 Å². The molecule has 0 saturated heterocycles. The van der Waals surface area contributed by atoms with Crippen molar-refractivity contribution in [2.24, 2.45) is 0 Å². The lowest BCUT2D eigenvalue weighted by molar-refractivity contribution is -0.672. The summed E-state index contributed by atoms with van der Waals surface area (Å²) in [6, 6.07) is 14.9. The zero-order valence-corrected chi connectivity index (χ0v) is 12.8. The molecule has 0 fully saturated rings. The first-order valence-corrected chi connectivity index (χ1v) is 6.82. The number of benzene rings is 1. The Bertz CT molecular complexity index is 827. The molecule has 4 heteroatoms. The normalized spacial score (nSPS) is 11.7. The van der Waals surface area contributed by atoms with Crippen molar-refractivity contribution in [3.8, 4) is 11.4 Å². The minimum Gasteiger partial charge on any atom is -1.00 e. The second-order valence-electron chi connectivity index (χ2n) is 5.48. The molecule has 0 unspecified atom stereocenters. The van der Waals surface area contributed by atoms with E-state index in [0.717, 1.165) is 17.8 Å². The molecule has 0 amide bonds. The van der Waals surface area contributed by atoms with Gasteiger partial charge in [-0.15, -0.1) is 0 Å². The van der Waals surface area contributed by atoms with Crippen LogP contribution in [0.15, 0.2) is 48.7 Å². The van der Waals surface area contributed by atoms with Crippen LogP contribution in [0.3, 0.4) is 0 Å². The standard InChI is InChI=1S/C17H16N3.ClH/c1-19(2)14-7-8-20-11-13-9-12-5-3-4-6-15(12)18-17(13)16(20)10-14;/h3-10H,11H2,1-2H3;1H/q+1;/p-1. The number of pyridine rings is 2. The van der Waals surface area contributed by atoms with Crippen molar-refractivity contribution in [3.63, 3.8) is 0 Å². The van der Waals surface area contributed by atoms with E-state index >= 15 is 0 Å². The lowest BCUT2D eigenvalue weighted by Crippen LogP contribution is -3.00. The van der Waals surface area contributed by atoms with Crippen LogP contribution in [0, 0.1) is 0 Å². The van der Waals surface area contributed by atoms with Crippen molar-refractivity contribution in [2.45, 2.75) is 6.54 Å². The van der Waals surface area contributed by atoms with Crippen molar-refractivity contribution in [3.05, 3.63) is 54.2 Å². The molecule has 4 rings (SSSR count). The van der Waals surface area contributed by atoms with E-state index in [2.05, 4.69) is 66.2 Å². The Hall–Kier alpha value is -2.13. The summed E-state index contributed by atoms with van der Waals surface area (Å²) < 4.78 is 2.27. The average Bonchev–Trinajstić information content (AvgIpc) is 2.81. The fraction of sp³-hybridized carbons (Fsp3) is 0.176. The number of rotatable bonds is 1. The molecular formula is C17H16ClN3. The Kier molecular flexibility index (Phi) is 3.30. The van der Waals surface area contributed by atoms with Crippen LogP contribution in [-0.2, 0) is 6.54 Å². The van der Waals surface area contributed by atoms with Gasteiger partial charge in [0.25, 0.3) is 0 Å². The Morgan fingerprint density at radius 3 is 2.71 bits per heavy atom. The van der Waals surface area contributed by atoms with Crippen LogP contribution >= 0.6 is 0 Å². The van der Waals surface area contributed by atoms with Gasteiger partial charge in [0.1, 0.15) is 5.69 Å². The highest BCUT2D eigenvalue weighted by atomic mass is 35.5. The summed E-state index contributed by atoms with van der Waals surface area (Å²) in [5, 5.41) is 1.22. The van der Waals surface area contributed by atoms with Gasteiger partial charge >= 0.3 is 0 Å². The highest BCUT2D eigenvalue weighted by Gasteiger charge is 2.28. The van der Waals surface area contributed by atoms with Gasteiger partial charge in [0.2, 0.25) is 5.69 Å². The number of anilines is 1. The number of fused-ring (bicyclic) bond motifs is 4. The molecule has 2 aromatic heterocycles. The number of nitrogens with zero attached hydrogens (tertiary/aromatic N) is 3. The maximum absolute atomic E-state index is 4.86. The monoisotopic (exact) mass is 297 g/mol. The quantitative estimate of drug-likeness (QED) is 0.447. The molecule has 0 atom stereocenters. The molecule has 0 aliphatic carbocycles. The molecule has 0 radical (unpaired) electrons. The van der Waals surface area contributed by atoms with Crippen LogP contribution in [0.2, 0.25) is 0 Å². The van der Waals surface area contributed by atoms with E-state index in [0.29, 0.717) is 0 Å². The molecule has 21 heavy (non-hydrogen) atoms. The van der Waals surface area contributed by atoms with Gasteiger partial charge in [0, 0.05) is 42.9 Å². The summed E-state index contributed by atoms with van der Waals surface area (Å²) in [4.78, 5) is 6.98. The van der Waals surface area contributed by atoms with Crippen LogP contribution in [0.1, 0.15) is 5.56 Å². The summed E-state index contributed by atoms with van der Waals surface area (Å²) >= 11 is 0. The van der Waals surface area contributed by atoms with Gasteiger partial charge in [-0.3, -0.25) is 0 Å². The fourth-order valence-electron chi connectivity index (χ4n) is 2.82. The van der Waals surface area contributed by atoms with Crippen LogP contribution < -0.4 is 21.9 Å². The lowest BCUT2D eigenvalue weighted by atomic mass is 10.1. The summed E-state index contributed by atoms with van der Waals surface area (Å²) in [7, 11) is 4.13. The molecule has 1 aromatic carbocycles. The molecule has 106 valence electrons. The zero-order valence-electron chi connectivity index (χ0n) is 12.0. The van der Waals surface area contributed by atoms with E-state index in [4.69, 9.17) is 4.98 Å². The molecule has 0 N–H and O–H groups in total. The maximum Gasteiger partial charge on any atom is 0.234 e. The van der Waals surface area contributed by atoms with Crippen molar-refractivity contribution in [2.75, 3.05) is 19.0 Å². The van der Waals surface area contributed by atoms with Crippen LogP contribution in [0.4, 0.5) is 5.69 Å². The fourth-order valence-corrected chi connectivity index (χ4v) is 2.82. The molecule has 1 aliphatic heterocycles. The number of aromatic nitrogens is 2. The summed E-state index contributed by atoms with van der Waals surface area (Å²) in [6.07, 6.45) is 2.15. The van der Waals surface area contributed by atoms with Crippen molar-refractivity contribution >= 4 is 16.6 Å². The Morgan fingerprint density at radius 1 is 1.10 bits per heavy atom. The SMILES string of the molecule is CN(C)c1cc[n+]2c(c1)-c1nc3ccccc3cc1C2.[Cl-]. The van der Waals surface area contributed by atoms with Gasteiger partial charge in [-0.25, -0.2) is 4.98 Å². The molecule has 0 saturated carbocycles. The van der Waals surface area contributed by atoms with Crippen LogP contribution in [0.25, 0.3) is 22.3 Å². The largest absolute Gasteiger partial charge is 1.00 e. The number of hydrogen-bond acceptors (Lipinski definition) is 2. The van der Waals surface area contributed by atoms with E-state index in [1.54, 1.807) is 0 Å². The van der Waals surface area contributed by atoms with Gasteiger partial charge < -0.3 is 17.3 Å². The smallest absolute Gasteiger partial charge is 0.234 e. The van der Waals surface area contributed by atoms with E-state index in [1.807, 2.05) is 6.07 Å². The minimum atomic E-state index is 0. The van der Waals surface area contributed by atoms with Crippen molar-refractivity contribution in [1.29, 1.82) is 0 Å². The van der Waals surface area contributed by atoms with E-state index in [-0.39, 0.29) is 12.4 Å². The Morgan fingerprint density at radius 2 is 1.90 bits per heavy atom. The molecule has 3 nitrogen and oxygen atoms in total. The Labute approximate surface area is 130 Å². The first kappa shape index (κ1) is 13.8. The third-order valence-corrected chi connectivity index (χ3v) is 3.92. The van der Waals surface area contributed by atoms with Gasteiger partial charge in [-0.2, -0.15) is 4.57 Å². The number of halogens is 1. The molecular weight excluding hydrogens is 282 g/mol. The first-order chi connectivity index (χ1) is 9.72. The topological polar surface area (TPSA) is 20.0 Å². The summed E-state index contributed by atoms with van der Waals surface area (Å²) in [5.41, 5.74) is 5.90. The molecule has 3 aromatic rings. The van der Waals surface area contributed by atoms with E-state index in [1.165, 1.54) is 22.3 Å². The Balaban J connectivity index is 0.00000132. The first-order valence-electron chi connectivity index (χ1n) is 6.82. The maximum atomic E-state index is 4.86. The van der Waals surface area contributed by atoms with Gasteiger partial charge in [0.15, 0.2) is 12.7 Å². The zero-order chi connectivity index (χ0) is 13.7.